The average molecular weight is 366 g/mol. The molecule has 2 nitrogen and oxygen atoms in total. The number of rotatable bonds is 16. The fourth-order valence-corrected chi connectivity index (χ4v) is 2.65. The first-order valence-corrected chi connectivity index (χ1v) is 8.99. The third kappa shape index (κ3) is 25.7. The number of carboxylic acid groups (broad SMARTS) is 1. The van der Waals surface area contributed by atoms with Gasteiger partial charge < -0.3 is 7.96 Å². The number of hydrogen-bond donors (Lipinski definition) is 1. The smallest absolute Gasteiger partial charge is 1.00 e. The van der Waals surface area contributed by atoms with Crippen molar-refractivity contribution in [2.75, 3.05) is 0 Å². The molecule has 22 heavy (non-hydrogen) atoms. The molecule has 0 unspecified atom stereocenters. The van der Waals surface area contributed by atoms with Gasteiger partial charge in [0.1, 0.15) is 0 Å². The minimum absolute atomic E-state index is 0. The molecule has 0 saturated heterocycles. The molecule has 0 aromatic heterocycles. The second-order valence-electron chi connectivity index (χ2n) is 6.09. The number of carboxylic acids is 1. The van der Waals surface area contributed by atoms with Crippen LogP contribution in [0.5, 0.6) is 0 Å². The molecule has 0 bridgehead atoms. The van der Waals surface area contributed by atoms with Crippen LogP contribution < -0.4 is 0 Å². The van der Waals surface area contributed by atoms with Gasteiger partial charge in [0.15, 0.2) is 0 Å². The van der Waals surface area contributed by atoms with E-state index in [1.54, 1.807) is 0 Å². The molecule has 0 amide bonds. The molecule has 0 fully saturated rings. The van der Waals surface area contributed by atoms with Gasteiger partial charge in [0.05, 0.1) is 0 Å². The average Bonchev–Trinajstić information content (AvgIpc) is 2.43. The van der Waals surface area contributed by atoms with Gasteiger partial charge in [-0.25, -0.2) is 0 Å². The van der Waals surface area contributed by atoms with Crippen LogP contribution in [-0.4, -0.2) is 34.1 Å². The Morgan fingerprint density at radius 2 is 0.955 bits per heavy atom. The Morgan fingerprint density at radius 3 is 1.23 bits per heavy atom. The van der Waals surface area contributed by atoms with E-state index in [4.69, 9.17) is 5.11 Å². The van der Waals surface area contributed by atoms with Crippen LogP contribution in [0, 0.1) is 0 Å². The molecule has 0 saturated carbocycles. The van der Waals surface area contributed by atoms with Gasteiger partial charge in [-0.1, -0.05) is 96.8 Å². The van der Waals surface area contributed by atoms with E-state index in [1.807, 2.05) is 0 Å². The zero-order valence-corrected chi connectivity index (χ0v) is 17.3. The number of hydrogen-bond acceptors (Lipinski definition) is 1. The van der Waals surface area contributed by atoms with Gasteiger partial charge in [-0.3, -0.25) is 4.79 Å². The SMILES string of the molecule is CCCCCCCCCCCCCCCCCC(=O)O.[H-].[H-].[Mg+2].[Mn]. The molecular weight excluding hydrogens is 327 g/mol. The van der Waals surface area contributed by atoms with Crippen molar-refractivity contribution in [1.82, 2.24) is 0 Å². The van der Waals surface area contributed by atoms with E-state index in [-0.39, 0.29) is 43.0 Å². The van der Waals surface area contributed by atoms with E-state index in [2.05, 4.69) is 6.92 Å². The molecule has 131 valence electrons. The van der Waals surface area contributed by atoms with Crippen LogP contribution in [0.25, 0.3) is 0 Å². The third-order valence-electron chi connectivity index (χ3n) is 3.99. The molecule has 0 rings (SSSR count). The summed E-state index contributed by atoms with van der Waals surface area (Å²) in [5.74, 6) is -0.653. The van der Waals surface area contributed by atoms with Crippen molar-refractivity contribution < 1.29 is 29.8 Å². The van der Waals surface area contributed by atoms with Crippen LogP contribution in [-0.2, 0) is 21.9 Å². The Balaban J connectivity index is -0.000000301. The van der Waals surface area contributed by atoms with E-state index in [0.717, 1.165) is 12.8 Å². The Morgan fingerprint density at radius 1 is 0.682 bits per heavy atom. The topological polar surface area (TPSA) is 37.3 Å². The summed E-state index contributed by atoms with van der Waals surface area (Å²) < 4.78 is 0. The fourth-order valence-electron chi connectivity index (χ4n) is 2.65. The van der Waals surface area contributed by atoms with Crippen molar-refractivity contribution in [3.05, 3.63) is 0 Å². The third-order valence-corrected chi connectivity index (χ3v) is 3.99. The van der Waals surface area contributed by atoms with Gasteiger partial charge in [0.2, 0.25) is 0 Å². The van der Waals surface area contributed by atoms with Crippen LogP contribution in [0.15, 0.2) is 0 Å². The summed E-state index contributed by atoms with van der Waals surface area (Å²) in [7, 11) is 0. The van der Waals surface area contributed by atoms with Gasteiger partial charge in [0.25, 0.3) is 0 Å². The van der Waals surface area contributed by atoms with Crippen molar-refractivity contribution in [3.8, 4) is 0 Å². The van der Waals surface area contributed by atoms with Gasteiger partial charge in [-0.2, -0.15) is 0 Å². The summed E-state index contributed by atoms with van der Waals surface area (Å²) in [6.45, 7) is 2.27. The minimum Gasteiger partial charge on any atom is -1.00 e. The first-order chi connectivity index (χ1) is 9.77. The summed E-state index contributed by atoms with van der Waals surface area (Å²) >= 11 is 0. The minimum atomic E-state index is -0.653. The Labute approximate surface area is 168 Å². The fraction of sp³-hybridized carbons (Fsp3) is 0.944. The molecule has 1 radical (unpaired) electrons. The molecule has 0 heterocycles. The molecule has 0 aromatic rings. The molecular formula is C18H38MgMnO2. The second-order valence-corrected chi connectivity index (χ2v) is 6.09. The van der Waals surface area contributed by atoms with E-state index < -0.39 is 5.97 Å². The van der Waals surface area contributed by atoms with Gasteiger partial charge in [-0.05, 0) is 6.42 Å². The number of carbonyl (C=O) groups is 1. The van der Waals surface area contributed by atoms with Crippen molar-refractivity contribution in [3.63, 3.8) is 0 Å². The largest absolute Gasteiger partial charge is 2.00 e. The van der Waals surface area contributed by atoms with Crippen molar-refractivity contribution in [2.45, 2.75) is 110 Å². The molecule has 0 aliphatic rings. The molecule has 1 N–H and O–H groups in total. The maximum Gasteiger partial charge on any atom is 2.00 e. The van der Waals surface area contributed by atoms with E-state index in [0.29, 0.717) is 6.42 Å². The van der Waals surface area contributed by atoms with Crippen LogP contribution in [0.2, 0.25) is 0 Å². The maximum absolute atomic E-state index is 10.3. The predicted octanol–water partition coefficient (Wildman–Crippen LogP) is 6.17. The molecule has 0 aliphatic heterocycles. The van der Waals surface area contributed by atoms with Crippen molar-refractivity contribution in [1.29, 1.82) is 0 Å². The summed E-state index contributed by atoms with van der Waals surface area (Å²) in [6.07, 6.45) is 20.2. The van der Waals surface area contributed by atoms with Crippen molar-refractivity contribution >= 4 is 29.0 Å². The van der Waals surface area contributed by atoms with E-state index >= 15 is 0 Å². The molecule has 4 heteroatoms. The summed E-state index contributed by atoms with van der Waals surface area (Å²) in [6, 6.07) is 0. The van der Waals surface area contributed by atoms with Gasteiger partial charge >= 0.3 is 29.0 Å². The molecule has 0 aromatic carbocycles. The van der Waals surface area contributed by atoms with Crippen molar-refractivity contribution in [2.24, 2.45) is 0 Å². The normalized spacial score (nSPS) is 9.86. The monoisotopic (exact) mass is 365 g/mol. The molecule has 0 aliphatic carbocycles. The van der Waals surface area contributed by atoms with Crippen LogP contribution in [0.1, 0.15) is 113 Å². The maximum atomic E-state index is 10.3. The summed E-state index contributed by atoms with van der Waals surface area (Å²) in [4.78, 5) is 10.3. The zero-order chi connectivity index (χ0) is 14.9. The van der Waals surface area contributed by atoms with Gasteiger partial charge in [0, 0.05) is 23.5 Å². The quantitative estimate of drug-likeness (QED) is 0.262. The second kappa shape index (κ2) is 24.0. The van der Waals surface area contributed by atoms with Crippen LogP contribution in [0.4, 0.5) is 0 Å². The van der Waals surface area contributed by atoms with Crippen LogP contribution >= 0.6 is 0 Å². The van der Waals surface area contributed by atoms with Crippen LogP contribution in [0.3, 0.4) is 0 Å². The Bertz CT molecular complexity index is 223. The number of unbranched alkanes of at least 4 members (excludes halogenated alkanes) is 14. The predicted molar refractivity (Wildman–Crippen MR) is 95.2 cm³/mol. The Hall–Kier alpha value is 0.756. The number of aliphatic carboxylic acids is 1. The Kier molecular flexibility index (Phi) is 30.1. The summed E-state index contributed by atoms with van der Waals surface area (Å²) in [5, 5.41) is 8.52. The standard InChI is InChI=1S/C18H36O2.Mg.Mn.2H/c1-2-3-4-5-6-7-8-9-10-11-12-13-14-15-16-17-18(19)20;;;;/h2-17H2,1H3,(H,19,20);;;;/q;+2;;2*-1. The summed E-state index contributed by atoms with van der Waals surface area (Å²) in [5.41, 5.74) is 0. The van der Waals surface area contributed by atoms with Gasteiger partial charge in [-0.15, -0.1) is 0 Å². The molecule has 0 atom stereocenters. The zero-order valence-electron chi connectivity index (χ0n) is 16.8. The van der Waals surface area contributed by atoms with E-state index in [1.165, 1.54) is 83.5 Å². The van der Waals surface area contributed by atoms with E-state index in [9.17, 15) is 4.79 Å². The first-order valence-electron chi connectivity index (χ1n) is 8.99. The molecule has 0 spiro atoms. The first kappa shape index (κ1) is 27.6.